The minimum Gasteiger partial charge on any atom is -0.459 e. The summed E-state index contributed by atoms with van der Waals surface area (Å²) in [7, 11) is 0. The Morgan fingerprint density at radius 1 is 1.24 bits per heavy atom. The Hall–Kier alpha value is -3.27. The lowest BCUT2D eigenvalue weighted by atomic mass is 10.1. The van der Waals surface area contributed by atoms with Gasteiger partial charge >= 0.3 is 6.61 Å². The highest BCUT2D eigenvalue weighted by Gasteiger charge is 2.14. The third-order valence-corrected chi connectivity index (χ3v) is 4.66. The van der Waals surface area contributed by atoms with Crippen molar-refractivity contribution in [1.29, 1.82) is 0 Å². The second-order valence-electron chi connectivity index (χ2n) is 5.86. The number of aryl methyl sites for hydroxylation is 1. The molecule has 10 heteroatoms. The van der Waals surface area contributed by atoms with Crippen LogP contribution in [0.2, 0.25) is 0 Å². The number of hydrogen-bond donors (Lipinski definition) is 2. The average Bonchev–Trinajstić information content (AvgIpc) is 3.32. The molecular formula is C19H17F2N3O4S. The van der Waals surface area contributed by atoms with E-state index < -0.39 is 12.5 Å². The molecule has 7 nitrogen and oxygen atoms in total. The largest absolute Gasteiger partial charge is 0.459 e. The minimum absolute atomic E-state index is 0.0572. The fourth-order valence-corrected chi connectivity index (χ4v) is 3.33. The van der Waals surface area contributed by atoms with Crippen molar-refractivity contribution in [2.24, 2.45) is 0 Å². The Bertz CT molecular complexity index is 972. The summed E-state index contributed by atoms with van der Waals surface area (Å²) in [4.78, 5) is 29.1. The number of aromatic nitrogens is 1. The molecule has 0 atom stereocenters. The number of furan rings is 1. The number of anilines is 1. The molecule has 2 N–H and O–H groups in total. The number of rotatable bonds is 8. The normalized spacial score (nSPS) is 10.8. The molecule has 0 unspecified atom stereocenters. The van der Waals surface area contributed by atoms with E-state index in [0.29, 0.717) is 16.4 Å². The third kappa shape index (κ3) is 5.61. The molecule has 2 amide bonds. The molecule has 2 aromatic heterocycles. The molecule has 1 aromatic carbocycles. The molecule has 0 saturated heterocycles. The number of carbonyl (C=O) groups excluding carboxylic acids is 2. The number of halogens is 2. The molecule has 152 valence electrons. The van der Waals surface area contributed by atoms with E-state index >= 15 is 0 Å². The maximum Gasteiger partial charge on any atom is 0.387 e. The summed E-state index contributed by atoms with van der Waals surface area (Å²) in [5.41, 5.74) is 1.35. The average molecular weight is 421 g/mol. The van der Waals surface area contributed by atoms with Gasteiger partial charge in [0.2, 0.25) is 5.91 Å². The van der Waals surface area contributed by atoms with Crippen LogP contribution < -0.4 is 15.4 Å². The van der Waals surface area contributed by atoms with Gasteiger partial charge in [0.05, 0.1) is 12.0 Å². The maximum atomic E-state index is 12.2. The number of carbonyl (C=O) groups is 2. The van der Waals surface area contributed by atoms with Crippen LogP contribution >= 0.6 is 11.3 Å². The first-order chi connectivity index (χ1) is 13.9. The summed E-state index contributed by atoms with van der Waals surface area (Å²) >= 11 is 1.29. The molecule has 0 aliphatic rings. The number of nitrogens with one attached hydrogen (secondary N) is 2. The molecule has 0 bridgehead atoms. The van der Waals surface area contributed by atoms with Gasteiger partial charge < -0.3 is 19.8 Å². The Balaban J connectivity index is 1.54. The van der Waals surface area contributed by atoms with Crippen LogP contribution in [0.1, 0.15) is 21.9 Å². The van der Waals surface area contributed by atoms with Crippen molar-refractivity contribution in [2.75, 3.05) is 11.9 Å². The smallest absolute Gasteiger partial charge is 0.387 e. The van der Waals surface area contributed by atoms with Crippen LogP contribution in [0, 0.1) is 6.92 Å². The second kappa shape index (κ2) is 9.28. The lowest BCUT2D eigenvalue weighted by Gasteiger charge is -2.05. The number of hydrogen-bond acceptors (Lipinski definition) is 6. The zero-order valence-corrected chi connectivity index (χ0v) is 16.1. The predicted molar refractivity (Wildman–Crippen MR) is 103 cm³/mol. The fraction of sp³-hybridized carbons (Fsp3) is 0.211. The Morgan fingerprint density at radius 2 is 2.00 bits per heavy atom. The van der Waals surface area contributed by atoms with Crippen LogP contribution in [0.3, 0.4) is 0 Å². The number of nitrogens with zero attached hydrogens (tertiary/aromatic N) is 1. The molecule has 3 aromatic rings. The third-order valence-electron chi connectivity index (χ3n) is 3.78. The Kier molecular flexibility index (Phi) is 6.55. The van der Waals surface area contributed by atoms with Gasteiger partial charge in [0, 0.05) is 23.4 Å². The number of thiazole rings is 1. The van der Waals surface area contributed by atoms with E-state index in [0.717, 1.165) is 4.88 Å². The van der Waals surface area contributed by atoms with E-state index in [1.165, 1.54) is 35.8 Å². The summed E-state index contributed by atoms with van der Waals surface area (Å²) in [5, 5.41) is 5.69. The van der Waals surface area contributed by atoms with Crippen molar-refractivity contribution >= 4 is 28.3 Å². The van der Waals surface area contributed by atoms with E-state index in [4.69, 9.17) is 4.42 Å². The van der Waals surface area contributed by atoms with Crippen molar-refractivity contribution in [3.63, 3.8) is 0 Å². The van der Waals surface area contributed by atoms with Crippen molar-refractivity contribution in [3.05, 3.63) is 53.3 Å². The van der Waals surface area contributed by atoms with Gasteiger partial charge in [0.1, 0.15) is 5.75 Å². The molecule has 0 radical (unpaired) electrons. The molecule has 0 saturated carbocycles. The summed E-state index contributed by atoms with van der Waals surface area (Å²) in [6.07, 6.45) is 1.46. The van der Waals surface area contributed by atoms with Crippen molar-refractivity contribution in [3.8, 4) is 17.0 Å². The van der Waals surface area contributed by atoms with Gasteiger partial charge in [-0.3, -0.25) is 9.59 Å². The van der Waals surface area contributed by atoms with Gasteiger partial charge in [0.25, 0.3) is 5.91 Å². The molecule has 3 rings (SSSR count). The molecule has 0 fully saturated rings. The van der Waals surface area contributed by atoms with E-state index in [-0.39, 0.29) is 30.4 Å². The fourth-order valence-electron chi connectivity index (χ4n) is 2.48. The molecule has 0 spiro atoms. The van der Waals surface area contributed by atoms with Crippen LogP contribution in [0.4, 0.5) is 13.9 Å². The first-order valence-electron chi connectivity index (χ1n) is 8.56. The van der Waals surface area contributed by atoms with Gasteiger partial charge in [0.15, 0.2) is 10.9 Å². The van der Waals surface area contributed by atoms with Crippen LogP contribution in [-0.2, 0) is 4.79 Å². The van der Waals surface area contributed by atoms with Crippen molar-refractivity contribution in [1.82, 2.24) is 10.3 Å². The molecule has 29 heavy (non-hydrogen) atoms. The van der Waals surface area contributed by atoms with Crippen LogP contribution in [-0.4, -0.2) is 30.0 Å². The summed E-state index contributed by atoms with van der Waals surface area (Å²) in [5.74, 6) is -0.461. The lowest BCUT2D eigenvalue weighted by Crippen LogP contribution is -2.27. The molecular weight excluding hydrogens is 404 g/mol. The lowest BCUT2D eigenvalue weighted by molar-refractivity contribution is -0.116. The zero-order valence-electron chi connectivity index (χ0n) is 15.3. The summed E-state index contributed by atoms with van der Waals surface area (Å²) in [6.45, 7) is -0.892. The Labute approximate surface area is 168 Å². The van der Waals surface area contributed by atoms with Crippen LogP contribution in [0.25, 0.3) is 11.3 Å². The summed E-state index contributed by atoms with van der Waals surface area (Å²) < 4.78 is 33.8. The Morgan fingerprint density at radius 3 is 2.66 bits per heavy atom. The summed E-state index contributed by atoms with van der Waals surface area (Å²) in [6, 6.07) is 9.23. The molecule has 0 aliphatic carbocycles. The monoisotopic (exact) mass is 421 g/mol. The van der Waals surface area contributed by atoms with E-state index in [2.05, 4.69) is 20.4 Å². The minimum atomic E-state index is -2.88. The van der Waals surface area contributed by atoms with Crippen LogP contribution in [0.15, 0.2) is 47.1 Å². The number of amides is 2. The highest BCUT2D eigenvalue weighted by atomic mass is 32.1. The van der Waals surface area contributed by atoms with E-state index in [1.54, 1.807) is 18.2 Å². The number of alkyl halides is 2. The highest BCUT2D eigenvalue weighted by Crippen LogP contribution is 2.31. The van der Waals surface area contributed by atoms with Gasteiger partial charge in [-0.2, -0.15) is 8.78 Å². The highest BCUT2D eigenvalue weighted by molar-refractivity contribution is 7.16. The maximum absolute atomic E-state index is 12.2. The van der Waals surface area contributed by atoms with Gasteiger partial charge in [-0.05, 0) is 43.3 Å². The topological polar surface area (TPSA) is 93.5 Å². The standard InChI is InChI=1S/C19H17F2N3O4S/c1-11-16(12-4-6-13(7-5-12)28-18(20)21)24-19(29-11)23-15(25)8-9-22-17(26)14-3-2-10-27-14/h2-7,10,18H,8-9H2,1H3,(H,22,26)(H,23,24,25). The van der Waals surface area contributed by atoms with Gasteiger partial charge in [-0.25, -0.2) is 4.98 Å². The quantitative estimate of drug-likeness (QED) is 0.572. The zero-order chi connectivity index (χ0) is 20.8. The van der Waals surface area contributed by atoms with Crippen molar-refractivity contribution in [2.45, 2.75) is 20.0 Å². The van der Waals surface area contributed by atoms with Crippen LogP contribution in [0.5, 0.6) is 5.75 Å². The van der Waals surface area contributed by atoms with Gasteiger partial charge in [-0.1, -0.05) is 0 Å². The molecule has 0 aliphatic heterocycles. The SMILES string of the molecule is Cc1sc(NC(=O)CCNC(=O)c2ccco2)nc1-c1ccc(OC(F)F)cc1. The number of ether oxygens (including phenoxy) is 1. The van der Waals surface area contributed by atoms with Crippen molar-refractivity contribution < 1.29 is 27.5 Å². The second-order valence-corrected chi connectivity index (χ2v) is 7.06. The molecule has 2 heterocycles. The first-order valence-corrected chi connectivity index (χ1v) is 9.38. The first kappa shape index (κ1) is 20.5. The van der Waals surface area contributed by atoms with Gasteiger partial charge in [-0.15, -0.1) is 11.3 Å². The predicted octanol–water partition coefficient (Wildman–Crippen LogP) is 4.07. The van der Waals surface area contributed by atoms with E-state index in [9.17, 15) is 18.4 Å². The van der Waals surface area contributed by atoms with E-state index in [1.807, 2.05) is 6.92 Å². The number of benzene rings is 1.